The molecule has 0 unspecified atom stereocenters. The van der Waals surface area contributed by atoms with Gasteiger partial charge in [0.15, 0.2) is 6.61 Å². The number of anilines is 1. The van der Waals surface area contributed by atoms with Crippen molar-refractivity contribution >= 4 is 17.5 Å². The fraction of sp³-hybridized carbons (Fsp3) is 0.391. The number of hydrogen-bond donors (Lipinski definition) is 1. The first-order chi connectivity index (χ1) is 13.5. The van der Waals surface area contributed by atoms with Gasteiger partial charge in [0.25, 0.3) is 11.8 Å². The molecular weight excluding hydrogens is 352 g/mol. The first-order valence-corrected chi connectivity index (χ1v) is 9.96. The van der Waals surface area contributed by atoms with Gasteiger partial charge < -0.3 is 15.0 Å². The molecule has 28 heavy (non-hydrogen) atoms. The molecule has 148 valence electrons. The van der Waals surface area contributed by atoms with E-state index in [1.807, 2.05) is 29.2 Å². The summed E-state index contributed by atoms with van der Waals surface area (Å²) in [5.74, 6) is 1.19. The third-order valence-electron chi connectivity index (χ3n) is 5.19. The Hall–Kier alpha value is -2.82. The molecule has 1 heterocycles. The Morgan fingerprint density at radius 2 is 1.68 bits per heavy atom. The first-order valence-electron chi connectivity index (χ1n) is 9.96. The van der Waals surface area contributed by atoms with E-state index in [-0.39, 0.29) is 18.4 Å². The summed E-state index contributed by atoms with van der Waals surface area (Å²) in [6.45, 7) is 5.89. The van der Waals surface area contributed by atoms with Gasteiger partial charge in [0.2, 0.25) is 0 Å². The Labute approximate surface area is 166 Å². The maximum Gasteiger partial charge on any atom is 0.262 e. The summed E-state index contributed by atoms with van der Waals surface area (Å²) in [6, 6.07) is 14.8. The highest BCUT2D eigenvalue weighted by atomic mass is 16.5. The van der Waals surface area contributed by atoms with E-state index in [1.54, 1.807) is 24.3 Å². The lowest BCUT2D eigenvalue weighted by molar-refractivity contribution is -0.118. The number of carbonyl (C=O) groups is 2. The fourth-order valence-electron chi connectivity index (χ4n) is 3.26. The summed E-state index contributed by atoms with van der Waals surface area (Å²) in [5, 5.41) is 2.80. The van der Waals surface area contributed by atoms with Gasteiger partial charge in [-0.15, -0.1) is 0 Å². The summed E-state index contributed by atoms with van der Waals surface area (Å²) in [6.07, 6.45) is 3.08. The van der Waals surface area contributed by atoms with Crippen LogP contribution in [0.2, 0.25) is 0 Å². The molecule has 0 atom stereocenters. The zero-order chi connectivity index (χ0) is 19.9. The molecule has 2 aromatic rings. The number of nitrogens with one attached hydrogen (secondary N) is 1. The average Bonchev–Trinajstić information content (AvgIpc) is 2.73. The number of aryl methyl sites for hydroxylation is 1. The van der Waals surface area contributed by atoms with Crippen LogP contribution in [0.1, 0.15) is 42.6 Å². The van der Waals surface area contributed by atoms with Crippen molar-refractivity contribution in [1.82, 2.24) is 4.90 Å². The molecule has 5 heteroatoms. The number of amides is 2. The lowest BCUT2D eigenvalue weighted by Crippen LogP contribution is -2.37. The zero-order valence-corrected chi connectivity index (χ0v) is 16.6. The zero-order valence-electron chi connectivity index (χ0n) is 16.6. The Kier molecular flexibility index (Phi) is 6.69. The summed E-state index contributed by atoms with van der Waals surface area (Å²) >= 11 is 0. The van der Waals surface area contributed by atoms with Gasteiger partial charge in [0.1, 0.15) is 5.75 Å². The molecular formula is C23H28N2O3. The highest BCUT2D eigenvalue weighted by Gasteiger charge is 2.21. The minimum Gasteiger partial charge on any atom is -0.484 e. The number of rotatable bonds is 6. The van der Waals surface area contributed by atoms with Crippen LogP contribution in [0, 0.1) is 5.92 Å². The summed E-state index contributed by atoms with van der Waals surface area (Å²) < 4.78 is 5.52. The number of ether oxygens (including phenoxy) is 1. The predicted molar refractivity (Wildman–Crippen MR) is 111 cm³/mol. The molecule has 3 rings (SSSR count). The normalized spacial score (nSPS) is 14.6. The van der Waals surface area contributed by atoms with E-state index in [1.165, 1.54) is 5.56 Å². The van der Waals surface area contributed by atoms with E-state index in [9.17, 15) is 9.59 Å². The summed E-state index contributed by atoms with van der Waals surface area (Å²) in [5.41, 5.74) is 2.53. The summed E-state index contributed by atoms with van der Waals surface area (Å²) in [4.78, 5) is 26.6. The van der Waals surface area contributed by atoms with Crippen molar-refractivity contribution in [2.75, 3.05) is 25.0 Å². The Balaban J connectivity index is 1.49. The van der Waals surface area contributed by atoms with Crippen LogP contribution in [0.4, 0.5) is 5.69 Å². The molecule has 1 N–H and O–H groups in total. The van der Waals surface area contributed by atoms with Gasteiger partial charge in [-0.2, -0.15) is 0 Å². The second kappa shape index (κ2) is 9.40. The maximum absolute atomic E-state index is 12.6. The highest BCUT2D eigenvalue weighted by molar-refractivity contribution is 5.96. The lowest BCUT2D eigenvalue weighted by atomic mass is 9.98. The molecule has 0 spiro atoms. The molecule has 5 nitrogen and oxygen atoms in total. The molecule has 1 fully saturated rings. The van der Waals surface area contributed by atoms with Crippen molar-refractivity contribution in [3.05, 3.63) is 59.7 Å². The van der Waals surface area contributed by atoms with Crippen LogP contribution in [-0.2, 0) is 11.2 Å². The number of carbonyl (C=O) groups excluding carboxylic acids is 2. The SMILES string of the molecule is CCc1ccc(OCC(=O)Nc2ccc(C(=O)N3CCC(C)CC3)cc2)cc1. The third-order valence-corrected chi connectivity index (χ3v) is 5.19. The number of piperidine rings is 1. The van der Waals surface area contributed by atoms with Gasteiger partial charge >= 0.3 is 0 Å². The number of hydrogen-bond acceptors (Lipinski definition) is 3. The van der Waals surface area contributed by atoms with Gasteiger partial charge in [-0.1, -0.05) is 26.0 Å². The second-order valence-electron chi connectivity index (χ2n) is 7.39. The predicted octanol–water partition coefficient (Wildman–Crippen LogP) is 4.14. The minimum absolute atomic E-state index is 0.0574. The molecule has 0 aromatic heterocycles. The lowest BCUT2D eigenvalue weighted by Gasteiger charge is -2.30. The molecule has 2 aromatic carbocycles. The molecule has 1 saturated heterocycles. The molecule has 0 saturated carbocycles. The van der Waals surface area contributed by atoms with Crippen molar-refractivity contribution in [1.29, 1.82) is 0 Å². The van der Waals surface area contributed by atoms with Gasteiger partial charge in [0, 0.05) is 24.3 Å². The Bertz CT molecular complexity index is 792. The topological polar surface area (TPSA) is 58.6 Å². The number of benzene rings is 2. The van der Waals surface area contributed by atoms with Crippen molar-refractivity contribution in [2.45, 2.75) is 33.1 Å². The Morgan fingerprint density at radius 3 is 2.29 bits per heavy atom. The van der Waals surface area contributed by atoms with Gasteiger partial charge in [-0.3, -0.25) is 9.59 Å². The number of nitrogens with zero attached hydrogens (tertiary/aromatic N) is 1. The average molecular weight is 380 g/mol. The van der Waals surface area contributed by atoms with Gasteiger partial charge in [0.05, 0.1) is 0 Å². The van der Waals surface area contributed by atoms with Crippen molar-refractivity contribution < 1.29 is 14.3 Å². The summed E-state index contributed by atoms with van der Waals surface area (Å²) in [7, 11) is 0. The molecule has 1 aliphatic rings. The van der Waals surface area contributed by atoms with Crippen LogP contribution in [0.25, 0.3) is 0 Å². The Morgan fingerprint density at radius 1 is 1.04 bits per heavy atom. The standard InChI is InChI=1S/C23H28N2O3/c1-3-18-4-10-21(11-5-18)28-16-22(26)24-20-8-6-19(7-9-20)23(27)25-14-12-17(2)13-15-25/h4-11,17H,3,12-16H2,1-2H3,(H,24,26). The van der Waals surface area contributed by atoms with Crippen molar-refractivity contribution in [3.63, 3.8) is 0 Å². The quantitative estimate of drug-likeness (QED) is 0.819. The fourth-order valence-corrected chi connectivity index (χ4v) is 3.26. The number of likely N-dealkylation sites (tertiary alicyclic amines) is 1. The maximum atomic E-state index is 12.6. The van der Waals surface area contributed by atoms with E-state index in [0.717, 1.165) is 32.4 Å². The second-order valence-corrected chi connectivity index (χ2v) is 7.39. The van der Waals surface area contributed by atoms with Crippen LogP contribution >= 0.6 is 0 Å². The van der Waals surface area contributed by atoms with E-state index < -0.39 is 0 Å². The van der Waals surface area contributed by atoms with Crippen molar-refractivity contribution in [3.8, 4) is 5.75 Å². The van der Waals surface area contributed by atoms with Crippen LogP contribution in [0.15, 0.2) is 48.5 Å². The largest absolute Gasteiger partial charge is 0.484 e. The van der Waals surface area contributed by atoms with Crippen LogP contribution < -0.4 is 10.1 Å². The van der Waals surface area contributed by atoms with E-state index in [0.29, 0.717) is 22.9 Å². The van der Waals surface area contributed by atoms with Crippen LogP contribution in [-0.4, -0.2) is 36.4 Å². The molecule has 0 aliphatic carbocycles. The minimum atomic E-state index is -0.233. The van der Waals surface area contributed by atoms with Gasteiger partial charge in [-0.05, 0) is 67.1 Å². The van der Waals surface area contributed by atoms with E-state index in [4.69, 9.17) is 4.74 Å². The molecule has 2 amide bonds. The molecule has 0 bridgehead atoms. The van der Waals surface area contributed by atoms with Gasteiger partial charge in [-0.25, -0.2) is 0 Å². The van der Waals surface area contributed by atoms with E-state index in [2.05, 4.69) is 19.2 Å². The smallest absolute Gasteiger partial charge is 0.262 e. The van der Waals surface area contributed by atoms with Crippen LogP contribution in [0.5, 0.6) is 5.75 Å². The molecule has 0 radical (unpaired) electrons. The highest BCUT2D eigenvalue weighted by Crippen LogP contribution is 2.19. The molecule has 1 aliphatic heterocycles. The monoisotopic (exact) mass is 380 g/mol. The van der Waals surface area contributed by atoms with Crippen molar-refractivity contribution in [2.24, 2.45) is 5.92 Å². The van der Waals surface area contributed by atoms with E-state index >= 15 is 0 Å². The first kappa shape index (κ1) is 19.9. The van der Waals surface area contributed by atoms with Crippen LogP contribution in [0.3, 0.4) is 0 Å². The third kappa shape index (κ3) is 5.35.